The van der Waals surface area contributed by atoms with Gasteiger partial charge in [-0.1, -0.05) is 47.7 Å². The Kier molecular flexibility index (Phi) is 6.97. The van der Waals surface area contributed by atoms with Gasteiger partial charge in [-0.25, -0.2) is 9.79 Å². The van der Waals surface area contributed by atoms with E-state index in [1.54, 1.807) is 38.1 Å². The maximum absolute atomic E-state index is 13.6. The predicted molar refractivity (Wildman–Crippen MR) is 131 cm³/mol. The highest BCUT2D eigenvalue weighted by Crippen LogP contribution is 2.36. The molecular formula is C26H24N2O6S. The lowest BCUT2D eigenvalue weighted by Crippen LogP contribution is -2.40. The minimum Gasteiger partial charge on any atom is -0.493 e. The van der Waals surface area contributed by atoms with Crippen LogP contribution in [-0.4, -0.2) is 30.2 Å². The molecule has 3 aromatic rings. The highest BCUT2D eigenvalue weighted by atomic mass is 32.1. The van der Waals surface area contributed by atoms with E-state index in [1.807, 2.05) is 30.3 Å². The number of aromatic nitrogens is 1. The third kappa shape index (κ3) is 4.81. The molecule has 4 rings (SSSR count). The van der Waals surface area contributed by atoms with Gasteiger partial charge in [-0.15, -0.1) is 0 Å². The molecule has 1 atom stereocenters. The lowest BCUT2D eigenvalue weighted by atomic mass is 9.95. The molecule has 9 heteroatoms. The molecule has 0 saturated heterocycles. The van der Waals surface area contributed by atoms with Crippen LogP contribution in [0, 0.1) is 0 Å². The second-order valence-corrected chi connectivity index (χ2v) is 8.73. The van der Waals surface area contributed by atoms with Gasteiger partial charge in [-0.2, -0.15) is 0 Å². The Morgan fingerprint density at radius 2 is 1.89 bits per heavy atom. The Morgan fingerprint density at radius 3 is 2.54 bits per heavy atom. The number of nitrogens with zero attached hydrogens (tertiary/aromatic N) is 2. The van der Waals surface area contributed by atoms with E-state index in [1.165, 1.54) is 29.9 Å². The molecule has 1 aliphatic heterocycles. The Morgan fingerprint density at radius 1 is 1.14 bits per heavy atom. The number of methoxy groups -OCH3 is 1. The zero-order valence-corrected chi connectivity index (χ0v) is 20.5. The SMILES string of the molecule is CCOC(=O)C1=C(C)N=c2s/c(=C/c3ccccc3)c(=O)n2[C@@H]1c1ccc(OC(C)=O)c(OC)c1. The Labute approximate surface area is 205 Å². The highest BCUT2D eigenvalue weighted by molar-refractivity contribution is 7.07. The molecule has 0 unspecified atom stereocenters. The van der Waals surface area contributed by atoms with Gasteiger partial charge in [0.05, 0.1) is 35.6 Å². The number of fused-ring (bicyclic) bond motifs is 1. The van der Waals surface area contributed by atoms with Crippen LogP contribution in [0.25, 0.3) is 6.08 Å². The fourth-order valence-corrected chi connectivity index (χ4v) is 4.95. The van der Waals surface area contributed by atoms with E-state index >= 15 is 0 Å². The second kappa shape index (κ2) is 10.1. The molecule has 2 heterocycles. The van der Waals surface area contributed by atoms with Crippen molar-refractivity contribution in [2.75, 3.05) is 13.7 Å². The van der Waals surface area contributed by atoms with Crippen LogP contribution in [0.15, 0.2) is 69.6 Å². The zero-order chi connectivity index (χ0) is 25.1. The van der Waals surface area contributed by atoms with Gasteiger partial charge in [0.2, 0.25) is 0 Å². The molecule has 0 amide bonds. The number of carbonyl (C=O) groups excluding carboxylic acids is 2. The molecule has 1 aromatic heterocycles. The predicted octanol–water partition coefficient (Wildman–Crippen LogP) is 2.73. The fraction of sp³-hybridized carbons (Fsp3) is 0.231. The van der Waals surface area contributed by atoms with Gasteiger partial charge in [0.25, 0.3) is 5.56 Å². The monoisotopic (exact) mass is 492 g/mol. The summed E-state index contributed by atoms with van der Waals surface area (Å²) < 4.78 is 17.9. The molecule has 8 nitrogen and oxygen atoms in total. The van der Waals surface area contributed by atoms with Crippen molar-refractivity contribution in [2.45, 2.75) is 26.8 Å². The van der Waals surface area contributed by atoms with Crippen LogP contribution in [0.2, 0.25) is 0 Å². The standard InChI is InChI=1S/C26H24N2O6S/c1-5-33-25(31)22-15(2)27-26-28(24(30)21(35-26)13-17-9-7-6-8-10-17)23(22)18-11-12-19(34-16(3)29)20(14-18)32-4/h6-14,23H,5H2,1-4H3/b21-13+/t23-/m1/s1. The number of allylic oxidation sites excluding steroid dienone is 1. The second-order valence-electron chi connectivity index (χ2n) is 7.72. The Hall–Kier alpha value is -3.98. The van der Waals surface area contributed by atoms with E-state index in [0.29, 0.717) is 26.3 Å². The molecule has 180 valence electrons. The molecule has 0 radical (unpaired) electrons. The summed E-state index contributed by atoms with van der Waals surface area (Å²) in [5.74, 6) is -0.521. The minimum absolute atomic E-state index is 0.176. The van der Waals surface area contributed by atoms with E-state index in [-0.39, 0.29) is 23.5 Å². The summed E-state index contributed by atoms with van der Waals surface area (Å²) in [7, 11) is 1.45. The van der Waals surface area contributed by atoms with Crippen molar-refractivity contribution in [2.24, 2.45) is 4.99 Å². The van der Waals surface area contributed by atoms with Crippen molar-refractivity contribution in [1.82, 2.24) is 4.57 Å². The molecule has 35 heavy (non-hydrogen) atoms. The van der Waals surface area contributed by atoms with E-state index in [2.05, 4.69) is 4.99 Å². The van der Waals surface area contributed by atoms with Gasteiger partial charge in [0, 0.05) is 6.92 Å². The Bertz CT molecular complexity index is 1500. The van der Waals surface area contributed by atoms with Crippen molar-refractivity contribution >= 4 is 29.4 Å². The van der Waals surface area contributed by atoms with Gasteiger partial charge in [0.15, 0.2) is 16.3 Å². The van der Waals surface area contributed by atoms with Crippen molar-refractivity contribution in [3.05, 3.63) is 90.6 Å². The molecule has 0 aliphatic carbocycles. The molecule has 0 spiro atoms. The minimum atomic E-state index is -0.802. The number of hydrogen-bond acceptors (Lipinski definition) is 8. The maximum Gasteiger partial charge on any atom is 0.338 e. The summed E-state index contributed by atoms with van der Waals surface area (Å²) in [6.07, 6.45) is 1.80. The van der Waals surface area contributed by atoms with E-state index in [4.69, 9.17) is 14.2 Å². The first-order chi connectivity index (χ1) is 16.8. The van der Waals surface area contributed by atoms with Crippen LogP contribution in [-0.2, 0) is 14.3 Å². The third-order valence-corrected chi connectivity index (χ3v) is 6.35. The summed E-state index contributed by atoms with van der Waals surface area (Å²) in [5.41, 5.74) is 1.90. The first-order valence-corrected chi connectivity index (χ1v) is 11.8. The molecule has 0 saturated carbocycles. The normalized spacial score (nSPS) is 15.3. The number of rotatable bonds is 6. The van der Waals surface area contributed by atoms with E-state index in [0.717, 1.165) is 5.56 Å². The van der Waals surface area contributed by atoms with Crippen LogP contribution in [0.4, 0.5) is 0 Å². The van der Waals surface area contributed by atoms with Crippen LogP contribution in [0.3, 0.4) is 0 Å². The average molecular weight is 493 g/mol. The number of esters is 2. The van der Waals surface area contributed by atoms with Gasteiger partial charge >= 0.3 is 11.9 Å². The smallest absolute Gasteiger partial charge is 0.338 e. The van der Waals surface area contributed by atoms with Crippen LogP contribution in [0.5, 0.6) is 11.5 Å². The van der Waals surface area contributed by atoms with Gasteiger partial charge in [-0.3, -0.25) is 14.2 Å². The van der Waals surface area contributed by atoms with Crippen molar-refractivity contribution in [1.29, 1.82) is 0 Å². The number of carbonyl (C=O) groups is 2. The highest BCUT2D eigenvalue weighted by Gasteiger charge is 2.34. The number of hydrogen-bond donors (Lipinski definition) is 0. The topological polar surface area (TPSA) is 96.2 Å². The third-order valence-electron chi connectivity index (χ3n) is 5.37. The lowest BCUT2D eigenvalue weighted by Gasteiger charge is -2.25. The van der Waals surface area contributed by atoms with Gasteiger partial charge in [0.1, 0.15) is 0 Å². The molecule has 2 aromatic carbocycles. The molecule has 0 N–H and O–H groups in total. The maximum atomic E-state index is 13.6. The largest absolute Gasteiger partial charge is 0.493 e. The molecule has 0 fully saturated rings. The van der Waals surface area contributed by atoms with Gasteiger partial charge in [-0.05, 0) is 43.2 Å². The summed E-state index contributed by atoms with van der Waals surface area (Å²) in [4.78, 5) is 43.1. The first-order valence-electron chi connectivity index (χ1n) is 10.9. The van der Waals surface area contributed by atoms with Gasteiger partial charge < -0.3 is 14.2 Å². The van der Waals surface area contributed by atoms with E-state index < -0.39 is 18.0 Å². The number of ether oxygens (including phenoxy) is 3. The lowest BCUT2D eigenvalue weighted by molar-refractivity contribution is -0.139. The van der Waals surface area contributed by atoms with Crippen LogP contribution >= 0.6 is 11.3 Å². The van der Waals surface area contributed by atoms with Crippen molar-refractivity contribution in [3.63, 3.8) is 0 Å². The quantitative estimate of drug-likeness (QED) is 0.388. The summed E-state index contributed by atoms with van der Waals surface area (Å²) in [6.45, 7) is 4.91. The van der Waals surface area contributed by atoms with Crippen molar-refractivity contribution < 1.29 is 23.8 Å². The number of benzene rings is 2. The summed E-state index contributed by atoms with van der Waals surface area (Å²) in [6, 6.07) is 13.6. The summed E-state index contributed by atoms with van der Waals surface area (Å²) >= 11 is 1.25. The summed E-state index contributed by atoms with van der Waals surface area (Å²) in [5, 5.41) is 0. The molecular weight excluding hydrogens is 468 g/mol. The molecule has 1 aliphatic rings. The molecule has 0 bridgehead atoms. The first kappa shape index (κ1) is 24.2. The van der Waals surface area contributed by atoms with Crippen molar-refractivity contribution in [3.8, 4) is 11.5 Å². The zero-order valence-electron chi connectivity index (χ0n) is 19.7. The Balaban J connectivity index is 1.95. The van der Waals surface area contributed by atoms with Crippen LogP contribution < -0.4 is 24.4 Å². The fourth-order valence-electron chi connectivity index (χ4n) is 3.90. The number of thiazole rings is 1. The van der Waals surface area contributed by atoms with Crippen LogP contribution in [0.1, 0.15) is 37.9 Å². The average Bonchev–Trinajstić information content (AvgIpc) is 3.13. The van der Waals surface area contributed by atoms with E-state index in [9.17, 15) is 14.4 Å².